The number of nitrogens with zero attached hydrogens (tertiary/aromatic N) is 2. The van der Waals surface area contributed by atoms with Gasteiger partial charge in [-0.2, -0.15) is 4.98 Å². The van der Waals surface area contributed by atoms with Crippen LogP contribution in [0.3, 0.4) is 0 Å². The summed E-state index contributed by atoms with van der Waals surface area (Å²) in [5.74, 6) is -0.317. The van der Waals surface area contributed by atoms with Crippen molar-refractivity contribution in [1.82, 2.24) is 15.2 Å². The standard InChI is InChI=1S/C9H8ClFN4O2S/c1-5-12-9(14-13-5)15-18(16,17)6-2-3-8(11)7(10)4-6/h2-4H,1H3,(H2,12,13,14,15). The molecule has 2 N–H and O–H groups in total. The van der Waals surface area contributed by atoms with Crippen LogP contribution in [0.15, 0.2) is 23.1 Å². The average Bonchev–Trinajstić information content (AvgIpc) is 2.67. The van der Waals surface area contributed by atoms with Gasteiger partial charge < -0.3 is 0 Å². The van der Waals surface area contributed by atoms with Crippen LogP contribution < -0.4 is 4.72 Å². The van der Waals surface area contributed by atoms with Crippen molar-refractivity contribution < 1.29 is 12.8 Å². The molecule has 0 amide bonds. The number of sulfonamides is 1. The largest absolute Gasteiger partial charge is 0.264 e. The molecule has 2 rings (SSSR count). The number of aryl methyl sites for hydroxylation is 1. The molecule has 0 unspecified atom stereocenters. The number of hydrogen-bond donors (Lipinski definition) is 2. The van der Waals surface area contributed by atoms with Gasteiger partial charge in [-0.1, -0.05) is 11.6 Å². The highest BCUT2D eigenvalue weighted by Crippen LogP contribution is 2.20. The minimum absolute atomic E-state index is 0.0899. The van der Waals surface area contributed by atoms with Crippen LogP contribution in [-0.4, -0.2) is 23.6 Å². The summed E-state index contributed by atoms with van der Waals surface area (Å²) in [6, 6.07) is 3.09. The Morgan fingerprint density at radius 2 is 2.17 bits per heavy atom. The first-order valence-electron chi connectivity index (χ1n) is 4.75. The van der Waals surface area contributed by atoms with Crippen LogP contribution in [-0.2, 0) is 10.0 Å². The van der Waals surface area contributed by atoms with E-state index in [1.165, 1.54) is 0 Å². The predicted octanol–water partition coefficient (Wildman–Crippen LogP) is 1.71. The average molecular weight is 291 g/mol. The summed E-state index contributed by atoms with van der Waals surface area (Å²) in [5.41, 5.74) is 0. The lowest BCUT2D eigenvalue weighted by Gasteiger charge is -2.04. The highest BCUT2D eigenvalue weighted by Gasteiger charge is 2.17. The van der Waals surface area contributed by atoms with Gasteiger partial charge in [0.05, 0.1) is 9.92 Å². The zero-order valence-electron chi connectivity index (χ0n) is 9.11. The van der Waals surface area contributed by atoms with E-state index in [1.54, 1.807) is 6.92 Å². The molecule has 1 heterocycles. The molecule has 0 spiro atoms. The van der Waals surface area contributed by atoms with Crippen molar-refractivity contribution in [3.8, 4) is 0 Å². The maximum atomic E-state index is 12.9. The fourth-order valence-corrected chi connectivity index (χ4v) is 2.43. The molecular weight excluding hydrogens is 283 g/mol. The number of hydrogen-bond acceptors (Lipinski definition) is 4. The molecule has 9 heteroatoms. The SMILES string of the molecule is Cc1nc(NS(=O)(=O)c2ccc(F)c(Cl)c2)n[nH]1. The van der Waals surface area contributed by atoms with Crippen LogP contribution in [0.4, 0.5) is 10.3 Å². The van der Waals surface area contributed by atoms with Crippen molar-refractivity contribution in [1.29, 1.82) is 0 Å². The van der Waals surface area contributed by atoms with E-state index in [-0.39, 0.29) is 15.9 Å². The Morgan fingerprint density at radius 1 is 1.44 bits per heavy atom. The fraction of sp³-hybridized carbons (Fsp3) is 0.111. The van der Waals surface area contributed by atoms with Gasteiger partial charge in [-0.15, -0.1) is 5.10 Å². The third kappa shape index (κ3) is 2.59. The van der Waals surface area contributed by atoms with E-state index in [2.05, 4.69) is 19.9 Å². The van der Waals surface area contributed by atoms with Gasteiger partial charge in [-0.3, -0.25) is 5.10 Å². The molecule has 1 aromatic heterocycles. The van der Waals surface area contributed by atoms with Crippen molar-refractivity contribution in [3.05, 3.63) is 34.9 Å². The van der Waals surface area contributed by atoms with E-state index >= 15 is 0 Å². The fourth-order valence-electron chi connectivity index (χ4n) is 1.21. The normalized spacial score (nSPS) is 11.5. The van der Waals surface area contributed by atoms with Gasteiger partial charge in [0.1, 0.15) is 11.6 Å². The summed E-state index contributed by atoms with van der Waals surface area (Å²) in [5, 5.41) is 5.85. The quantitative estimate of drug-likeness (QED) is 0.901. The van der Waals surface area contributed by atoms with E-state index in [4.69, 9.17) is 11.6 Å². The van der Waals surface area contributed by atoms with Gasteiger partial charge in [-0.05, 0) is 25.1 Å². The van der Waals surface area contributed by atoms with Gasteiger partial charge in [0.15, 0.2) is 0 Å². The zero-order chi connectivity index (χ0) is 13.3. The minimum Gasteiger partial charge on any atom is -0.261 e. The predicted molar refractivity (Wildman–Crippen MR) is 63.3 cm³/mol. The summed E-state index contributed by atoms with van der Waals surface area (Å²) < 4.78 is 38.9. The van der Waals surface area contributed by atoms with Crippen LogP contribution in [0.25, 0.3) is 0 Å². The van der Waals surface area contributed by atoms with E-state index in [9.17, 15) is 12.8 Å². The number of nitrogens with one attached hydrogen (secondary N) is 2. The summed E-state index contributed by atoms with van der Waals surface area (Å²) in [6.07, 6.45) is 0. The third-order valence-electron chi connectivity index (χ3n) is 2.02. The number of rotatable bonds is 3. The van der Waals surface area contributed by atoms with Crippen molar-refractivity contribution in [2.45, 2.75) is 11.8 Å². The molecule has 0 radical (unpaired) electrons. The van der Waals surface area contributed by atoms with E-state index in [1.807, 2.05) is 0 Å². The molecule has 0 atom stereocenters. The maximum Gasteiger partial charge on any atom is 0.264 e. The first-order valence-corrected chi connectivity index (χ1v) is 6.61. The first-order chi connectivity index (χ1) is 8.38. The monoisotopic (exact) mass is 290 g/mol. The molecule has 0 aliphatic carbocycles. The Kier molecular flexibility index (Phi) is 3.22. The molecule has 0 aliphatic rings. The number of aromatic amines is 1. The Labute approximate surface area is 107 Å². The third-order valence-corrected chi connectivity index (χ3v) is 3.64. The topological polar surface area (TPSA) is 87.7 Å². The number of anilines is 1. The van der Waals surface area contributed by atoms with E-state index in [0.717, 1.165) is 18.2 Å². The number of aromatic nitrogens is 3. The lowest BCUT2D eigenvalue weighted by atomic mass is 10.3. The van der Waals surface area contributed by atoms with Gasteiger partial charge in [0, 0.05) is 0 Å². The van der Waals surface area contributed by atoms with Crippen LogP contribution in [0.1, 0.15) is 5.82 Å². The first kappa shape index (κ1) is 12.8. The van der Waals surface area contributed by atoms with Crippen molar-refractivity contribution >= 4 is 27.6 Å². The van der Waals surface area contributed by atoms with Crippen LogP contribution in [0.5, 0.6) is 0 Å². The Balaban J connectivity index is 2.33. The number of benzene rings is 1. The summed E-state index contributed by atoms with van der Waals surface area (Å²) in [6.45, 7) is 1.62. The summed E-state index contributed by atoms with van der Waals surface area (Å²) in [7, 11) is -3.89. The molecule has 2 aromatic rings. The van der Waals surface area contributed by atoms with Crippen molar-refractivity contribution in [2.75, 3.05) is 4.72 Å². The molecule has 96 valence electrons. The number of H-pyrrole nitrogens is 1. The molecule has 0 aliphatic heterocycles. The molecule has 0 saturated heterocycles. The van der Waals surface area contributed by atoms with Crippen molar-refractivity contribution in [2.24, 2.45) is 0 Å². The Hall–Kier alpha value is -1.67. The molecule has 0 fully saturated rings. The molecule has 0 saturated carbocycles. The Morgan fingerprint density at radius 3 is 2.72 bits per heavy atom. The second-order valence-electron chi connectivity index (χ2n) is 3.43. The van der Waals surface area contributed by atoms with E-state index < -0.39 is 15.8 Å². The molecular formula is C9H8ClFN4O2S. The van der Waals surface area contributed by atoms with Crippen LogP contribution >= 0.6 is 11.6 Å². The van der Waals surface area contributed by atoms with E-state index in [0.29, 0.717) is 5.82 Å². The lowest BCUT2D eigenvalue weighted by Crippen LogP contribution is -2.14. The number of halogens is 2. The van der Waals surface area contributed by atoms with Crippen LogP contribution in [0.2, 0.25) is 5.02 Å². The highest BCUT2D eigenvalue weighted by molar-refractivity contribution is 7.92. The van der Waals surface area contributed by atoms with Gasteiger partial charge in [-0.25, -0.2) is 17.5 Å². The van der Waals surface area contributed by atoms with Gasteiger partial charge >= 0.3 is 0 Å². The Bertz CT molecular complexity index is 686. The lowest BCUT2D eigenvalue weighted by molar-refractivity contribution is 0.599. The molecule has 18 heavy (non-hydrogen) atoms. The second kappa shape index (κ2) is 4.54. The van der Waals surface area contributed by atoms with Crippen molar-refractivity contribution in [3.63, 3.8) is 0 Å². The minimum atomic E-state index is -3.89. The van der Waals surface area contributed by atoms with Gasteiger partial charge in [0.2, 0.25) is 0 Å². The zero-order valence-corrected chi connectivity index (χ0v) is 10.7. The van der Waals surface area contributed by atoms with Gasteiger partial charge in [0.25, 0.3) is 16.0 Å². The smallest absolute Gasteiger partial charge is 0.261 e. The molecule has 1 aromatic carbocycles. The summed E-state index contributed by atoms with van der Waals surface area (Å²) >= 11 is 5.52. The molecule has 6 nitrogen and oxygen atoms in total. The highest BCUT2D eigenvalue weighted by atomic mass is 35.5. The summed E-state index contributed by atoms with van der Waals surface area (Å²) in [4.78, 5) is 3.63. The maximum absolute atomic E-state index is 12.9. The molecule has 0 bridgehead atoms. The van der Waals surface area contributed by atoms with Crippen LogP contribution in [0, 0.1) is 12.7 Å². The second-order valence-corrected chi connectivity index (χ2v) is 5.52.